The van der Waals surface area contributed by atoms with Crippen LogP contribution in [0.5, 0.6) is 0 Å². The van der Waals surface area contributed by atoms with Gasteiger partial charge in [0, 0.05) is 29.4 Å². The van der Waals surface area contributed by atoms with E-state index in [4.69, 9.17) is 16.7 Å². The summed E-state index contributed by atoms with van der Waals surface area (Å²) in [6.07, 6.45) is 4.50. The van der Waals surface area contributed by atoms with Crippen molar-refractivity contribution in [2.24, 2.45) is 5.10 Å². The summed E-state index contributed by atoms with van der Waals surface area (Å²) in [6, 6.07) is 22.4. The predicted molar refractivity (Wildman–Crippen MR) is 98.5 cm³/mol. The third-order valence-corrected chi connectivity index (χ3v) is 4.43. The van der Waals surface area contributed by atoms with Crippen molar-refractivity contribution in [3.05, 3.63) is 95.3 Å². The van der Waals surface area contributed by atoms with Gasteiger partial charge in [0.1, 0.15) is 0 Å². The van der Waals surface area contributed by atoms with E-state index in [2.05, 4.69) is 40.3 Å². The number of hydrogen-bond donors (Lipinski definition) is 0. The van der Waals surface area contributed by atoms with E-state index in [1.54, 1.807) is 6.20 Å². The van der Waals surface area contributed by atoms with Crippen molar-refractivity contribution in [1.29, 1.82) is 0 Å². The lowest BCUT2D eigenvalue weighted by molar-refractivity contribution is 0.709. The second kappa shape index (κ2) is 6.46. The molecule has 3 aromatic rings. The highest BCUT2D eigenvalue weighted by Crippen LogP contribution is 2.36. The summed E-state index contributed by atoms with van der Waals surface area (Å²) in [4.78, 5) is 4.22. The molecule has 1 unspecified atom stereocenters. The fourth-order valence-corrected chi connectivity index (χ4v) is 3.11. The first-order chi connectivity index (χ1) is 11.8. The fraction of sp³-hybridized carbons (Fsp3) is 0.100. The molecular formula is C20H16ClN3. The number of halogens is 1. The van der Waals surface area contributed by atoms with Crippen LogP contribution in [-0.2, 0) is 0 Å². The zero-order valence-corrected chi connectivity index (χ0v) is 13.8. The van der Waals surface area contributed by atoms with Crippen LogP contribution in [0, 0.1) is 0 Å². The molecule has 4 rings (SSSR count). The Kier molecular flexibility index (Phi) is 4.01. The van der Waals surface area contributed by atoms with E-state index in [0.29, 0.717) is 0 Å². The van der Waals surface area contributed by atoms with E-state index in [1.165, 1.54) is 5.56 Å². The van der Waals surface area contributed by atoms with Crippen LogP contribution in [0.25, 0.3) is 0 Å². The molecule has 24 heavy (non-hydrogen) atoms. The maximum atomic E-state index is 6.03. The van der Waals surface area contributed by atoms with E-state index in [1.807, 2.05) is 42.6 Å². The Labute approximate surface area is 146 Å². The Hall–Kier alpha value is -2.65. The van der Waals surface area contributed by atoms with E-state index >= 15 is 0 Å². The number of aromatic nitrogens is 1. The number of benzene rings is 2. The predicted octanol–water partition coefficient (Wildman–Crippen LogP) is 5.09. The molecule has 1 aromatic heterocycles. The quantitative estimate of drug-likeness (QED) is 0.667. The van der Waals surface area contributed by atoms with Crippen LogP contribution < -0.4 is 5.01 Å². The lowest BCUT2D eigenvalue weighted by Crippen LogP contribution is -2.18. The maximum absolute atomic E-state index is 6.03. The zero-order chi connectivity index (χ0) is 16.4. The van der Waals surface area contributed by atoms with E-state index in [9.17, 15) is 0 Å². The molecule has 118 valence electrons. The molecule has 0 bridgehead atoms. The minimum atomic E-state index is 0.169. The first kappa shape index (κ1) is 14.9. The number of rotatable bonds is 3. The maximum Gasteiger partial charge on any atom is 0.0831 e. The summed E-state index contributed by atoms with van der Waals surface area (Å²) >= 11 is 6.03. The van der Waals surface area contributed by atoms with Gasteiger partial charge in [0.2, 0.25) is 0 Å². The van der Waals surface area contributed by atoms with Gasteiger partial charge in [-0.05, 0) is 35.9 Å². The molecule has 2 heterocycles. The first-order valence-corrected chi connectivity index (χ1v) is 8.27. The minimum absolute atomic E-state index is 0.169. The normalized spacial score (nSPS) is 17.0. The number of anilines is 1. The van der Waals surface area contributed by atoms with Gasteiger partial charge in [0.15, 0.2) is 0 Å². The monoisotopic (exact) mass is 333 g/mol. The SMILES string of the molecule is Clc1ccc(N2N=C(c3cccnc3)CC2c2ccccc2)cc1. The second-order valence-corrected chi connectivity index (χ2v) is 6.18. The Morgan fingerprint density at radius 2 is 1.71 bits per heavy atom. The highest BCUT2D eigenvalue weighted by atomic mass is 35.5. The molecule has 0 aliphatic carbocycles. The molecule has 0 saturated heterocycles. The van der Waals surface area contributed by atoms with Crippen molar-refractivity contribution in [2.45, 2.75) is 12.5 Å². The molecule has 1 aliphatic heterocycles. The van der Waals surface area contributed by atoms with Gasteiger partial charge in [-0.3, -0.25) is 9.99 Å². The Balaban J connectivity index is 1.75. The van der Waals surface area contributed by atoms with Gasteiger partial charge in [-0.15, -0.1) is 0 Å². The van der Waals surface area contributed by atoms with Gasteiger partial charge in [-0.25, -0.2) is 0 Å². The average Bonchev–Trinajstić information content (AvgIpc) is 3.09. The van der Waals surface area contributed by atoms with Crippen LogP contribution in [0.2, 0.25) is 5.02 Å². The Morgan fingerprint density at radius 3 is 2.42 bits per heavy atom. The van der Waals surface area contributed by atoms with Crippen molar-refractivity contribution in [3.63, 3.8) is 0 Å². The van der Waals surface area contributed by atoms with Crippen molar-refractivity contribution >= 4 is 23.0 Å². The summed E-state index contributed by atoms with van der Waals surface area (Å²) in [6.45, 7) is 0. The molecule has 4 heteroatoms. The van der Waals surface area contributed by atoms with Crippen LogP contribution in [0.3, 0.4) is 0 Å². The van der Waals surface area contributed by atoms with Gasteiger partial charge >= 0.3 is 0 Å². The van der Waals surface area contributed by atoms with E-state index < -0.39 is 0 Å². The topological polar surface area (TPSA) is 28.5 Å². The second-order valence-electron chi connectivity index (χ2n) is 5.74. The van der Waals surface area contributed by atoms with Gasteiger partial charge in [0.25, 0.3) is 0 Å². The molecular weight excluding hydrogens is 318 g/mol. The molecule has 3 nitrogen and oxygen atoms in total. The zero-order valence-electron chi connectivity index (χ0n) is 13.0. The van der Waals surface area contributed by atoms with Crippen molar-refractivity contribution in [2.75, 3.05) is 5.01 Å². The fourth-order valence-electron chi connectivity index (χ4n) is 2.98. The third-order valence-electron chi connectivity index (χ3n) is 4.18. The van der Waals surface area contributed by atoms with Crippen LogP contribution in [0.1, 0.15) is 23.6 Å². The molecule has 1 aliphatic rings. The van der Waals surface area contributed by atoms with Gasteiger partial charge < -0.3 is 0 Å². The first-order valence-electron chi connectivity index (χ1n) is 7.89. The van der Waals surface area contributed by atoms with Crippen molar-refractivity contribution < 1.29 is 0 Å². The lowest BCUT2D eigenvalue weighted by atomic mass is 9.99. The summed E-state index contributed by atoms with van der Waals surface area (Å²) in [5, 5.41) is 7.69. The third kappa shape index (κ3) is 2.91. The smallest absolute Gasteiger partial charge is 0.0831 e. The number of hydrogen-bond acceptors (Lipinski definition) is 3. The standard InChI is InChI=1S/C20H16ClN3/c21-17-8-10-18(11-9-17)24-20(15-5-2-1-3-6-15)13-19(23-24)16-7-4-12-22-14-16/h1-12,14,20H,13H2. The van der Waals surface area contributed by atoms with Crippen molar-refractivity contribution in [3.8, 4) is 0 Å². The number of pyridine rings is 1. The van der Waals surface area contributed by atoms with Crippen LogP contribution in [-0.4, -0.2) is 10.7 Å². The summed E-state index contributed by atoms with van der Waals surface area (Å²) in [5.74, 6) is 0. The lowest BCUT2D eigenvalue weighted by Gasteiger charge is -2.24. The molecule has 0 spiro atoms. The summed E-state index contributed by atoms with van der Waals surface area (Å²) < 4.78 is 0. The minimum Gasteiger partial charge on any atom is -0.264 e. The van der Waals surface area contributed by atoms with Crippen LogP contribution in [0.15, 0.2) is 84.2 Å². The van der Waals surface area contributed by atoms with Gasteiger partial charge in [-0.2, -0.15) is 5.10 Å². The molecule has 0 radical (unpaired) electrons. The Bertz CT molecular complexity index is 845. The molecule has 0 saturated carbocycles. The van der Waals surface area contributed by atoms with E-state index in [0.717, 1.165) is 28.4 Å². The highest BCUT2D eigenvalue weighted by molar-refractivity contribution is 6.30. The molecule has 0 fully saturated rings. The Morgan fingerprint density at radius 1 is 0.917 bits per heavy atom. The summed E-state index contributed by atoms with van der Waals surface area (Å²) in [5.41, 5.74) is 4.39. The summed E-state index contributed by atoms with van der Waals surface area (Å²) in [7, 11) is 0. The highest BCUT2D eigenvalue weighted by Gasteiger charge is 2.29. The van der Waals surface area contributed by atoms with Crippen LogP contribution in [0.4, 0.5) is 5.69 Å². The molecule has 0 N–H and O–H groups in total. The van der Waals surface area contributed by atoms with E-state index in [-0.39, 0.29) is 6.04 Å². The molecule has 0 amide bonds. The number of hydrazone groups is 1. The van der Waals surface area contributed by atoms with Gasteiger partial charge in [-0.1, -0.05) is 48.0 Å². The van der Waals surface area contributed by atoms with Crippen LogP contribution >= 0.6 is 11.6 Å². The molecule has 1 atom stereocenters. The largest absolute Gasteiger partial charge is 0.264 e. The number of nitrogens with zero attached hydrogens (tertiary/aromatic N) is 3. The average molecular weight is 334 g/mol. The van der Waals surface area contributed by atoms with Gasteiger partial charge in [0.05, 0.1) is 17.4 Å². The molecule has 2 aromatic carbocycles. The van der Waals surface area contributed by atoms with Crippen molar-refractivity contribution in [1.82, 2.24) is 4.98 Å².